The van der Waals surface area contributed by atoms with Gasteiger partial charge in [-0.2, -0.15) is 0 Å². The highest BCUT2D eigenvalue weighted by molar-refractivity contribution is 7.14. The molecule has 0 bridgehead atoms. The molecule has 0 aliphatic rings. The van der Waals surface area contributed by atoms with Crippen molar-refractivity contribution in [3.05, 3.63) is 34.1 Å². The van der Waals surface area contributed by atoms with Crippen LogP contribution in [0.25, 0.3) is 11.3 Å². The standard InChI is InChI=1S/C12H12ClNOS/c1-8(2)15-10-5-3-9(4-6-10)11-7-16-12(13)14-11/h3-8H,1-2H3. The normalized spacial score (nSPS) is 10.8. The quantitative estimate of drug-likeness (QED) is 0.816. The van der Waals surface area contributed by atoms with E-state index >= 15 is 0 Å². The van der Waals surface area contributed by atoms with Crippen LogP contribution in [0.4, 0.5) is 0 Å². The fraction of sp³-hybridized carbons (Fsp3) is 0.250. The van der Waals surface area contributed by atoms with Gasteiger partial charge in [0.2, 0.25) is 0 Å². The molecule has 1 aromatic carbocycles. The van der Waals surface area contributed by atoms with Crippen LogP contribution in [0.1, 0.15) is 13.8 Å². The third-order valence-electron chi connectivity index (χ3n) is 2.00. The van der Waals surface area contributed by atoms with Crippen LogP contribution in [-0.4, -0.2) is 11.1 Å². The largest absolute Gasteiger partial charge is 0.491 e. The van der Waals surface area contributed by atoms with Gasteiger partial charge in [0, 0.05) is 10.9 Å². The summed E-state index contributed by atoms with van der Waals surface area (Å²) in [4.78, 5) is 4.21. The molecular weight excluding hydrogens is 242 g/mol. The highest BCUT2D eigenvalue weighted by atomic mass is 35.5. The molecule has 0 N–H and O–H groups in total. The van der Waals surface area contributed by atoms with Crippen LogP contribution in [-0.2, 0) is 0 Å². The number of hydrogen-bond acceptors (Lipinski definition) is 3. The Morgan fingerprint density at radius 3 is 2.44 bits per heavy atom. The van der Waals surface area contributed by atoms with Gasteiger partial charge in [-0.15, -0.1) is 11.3 Å². The number of thiazole rings is 1. The highest BCUT2D eigenvalue weighted by Crippen LogP contribution is 2.26. The molecule has 0 saturated heterocycles. The first-order chi connectivity index (χ1) is 7.65. The summed E-state index contributed by atoms with van der Waals surface area (Å²) >= 11 is 7.23. The molecule has 84 valence electrons. The summed E-state index contributed by atoms with van der Waals surface area (Å²) in [6, 6.07) is 7.87. The van der Waals surface area contributed by atoms with E-state index in [1.165, 1.54) is 11.3 Å². The van der Waals surface area contributed by atoms with Gasteiger partial charge in [0.1, 0.15) is 5.75 Å². The summed E-state index contributed by atoms with van der Waals surface area (Å²) in [5, 5.41) is 1.95. The molecule has 16 heavy (non-hydrogen) atoms. The van der Waals surface area contributed by atoms with E-state index in [9.17, 15) is 0 Å². The lowest BCUT2D eigenvalue weighted by atomic mass is 10.2. The zero-order valence-corrected chi connectivity index (χ0v) is 10.7. The monoisotopic (exact) mass is 253 g/mol. The van der Waals surface area contributed by atoms with E-state index in [2.05, 4.69) is 4.98 Å². The van der Waals surface area contributed by atoms with E-state index in [1.807, 2.05) is 43.5 Å². The molecule has 2 nitrogen and oxygen atoms in total. The van der Waals surface area contributed by atoms with Crippen LogP contribution in [0.5, 0.6) is 5.75 Å². The zero-order chi connectivity index (χ0) is 11.5. The summed E-state index contributed by atoms with van der Waals surface area (Å²) in [6.07, 6.45) is 0.194. The summed E-state index contributed by atoms with van der Waals surface area (Å²) in [7, 11) is 0. The number of aromatic nitrogens is 1. The third-order valence-corrected chi connectivity index (χ3v) is 2.98. The molecule has 0 amide bonds. The number of nitrogens with zero attached hydrogens (tertiary/aromatic N) is 1. The Hall–Kier alpha value is -1.06. The lowest BCUT2D eigenvalue weighted by Gasteiger charge is -2.09. The fourth-order valence-electron chi connectivity index (χ4n) is 1.36. The van der Waals surface area contributed by atoms with Crippen molar-refractivity contribution in [1.82, 2.24) is 4.98 Å². The topological polar surface area (TPSA) is 22.1 Å². The van der Waals surface area contributed by atoms with Gasteiger partial charge in [0.25, 0.3) is 0 Å². The van der Waals surface area contributed by atoms with Gasteiger partial charge >= 0.3 is 0 Å². The van der Waals surface area contributed by atoms with Gasteiger partial charge in [-0.25, -0.2) is 4.98 Å². The molecule has 0 aliphatic heterocycles. The number of hydrogen-bond donors (Lipinski definition) is 0. The van der Waals surface area contributed by atoms with Gasteiger partial charge < -0.3 is 4.74 Å². The molecule has 0 unspecified atom stereocenters. The fourth-order valence-corrected chi connectivity index (χ4v) is 2.13. The maximum atomic E-state index is 5.79. The van der Waals surface area contributed by atoms with Crippen molar-refractivity contribution in [2.45, 2.75) is 20.0 Å². The smallest absolute Gasteiger partial charge is 0.184 e. The molecule has 2 rings (SSSR count). The molecule has 4 heteroatoms. The molecule has 0 fully saturated rings. The van der Waals surface area contributed by atoms with Gasteiger partial charge in [-0.3, -0.25) is 0 Å². The van der Waals surface area contributed by atoms with E-state index in [0.717, 1.165) is 17.0 Å². The predicted octanol–water partition coefficient (Wildman–Crippen LogP) is 4.25. The Kier molecular flexibility index (Phi) is 3.46. The van der Waals surface area contributed by atoms with Gasteiger partial charge in [-0.05, 0) is 38.1 Å². The summed E-state index contributed by atoms with van der Waals surface area (Å²) in [6.45, 7) is 4.02. The van der Waals surface area contributed by atoms with Crippen molar-refractivity contribution in [3.63, 3.8) is 0 Å². The number of halogens is 1. The van der Waals surface area contributed by atoms with Crippen molar-refractivity contribution in [3.8, 4) is 17.0 Å². The lowest BCUT2D eigenvalue weighted by molar-refractivity contribution is 0.242. The number of ether oxygens (including phenoxy) is 1. The second kappa shape index (κ2) is 4.85. The molecule has 0 aliphatic carbocycles. The maximum Gasteiger partial charge on any atom is 0.184 e. The number of benzene rings is 1. The Morgan fingerprint density at radius 1 is 1.25 bits per heavy atom. The Balaban J connectivity index is 2.19. The minimum atomic E-state index is 0.194. The first-order valence-electron chi connectivity index (χ1n) is 5.03. The molecule has 1 aromatic heterocycles. The zero-order valence-electron chi connectivity index (χ0n) is 9.11. The predicted molar refractivity (Wildman–Crippen MR) is 68.3 cm³/mol. The second-order valence-corrected chi connectivity index (χ2v) is 5.12. The Bertz CT molecular complexity index is 464. The molecule has 2 aromatic rings. The summed E-state index contributed by atoms with van der Waals surface area (Å²) in [5.41, 5.74) is 1.96. The van der Waals surface area contributed by atoms with E-state index in [-0.39, 0.29) is 6.10 Å². The van der Waals surface area contributed by atoms with Gasteiger partial charge in [-0.1, -0.05) is 11.6 Å². The van der Waals surface area contributed by atoms with Crippen LogP contribution in [0.3, 0.4) is 0 Å². The van der Waals surface area contributed by atoms with Gasteiger partial charge in [0.05, 0.1) is 11.8 Å². The molecule has 0 spiro atoms. The third kappa shape index (κ3) is 2.74. The van der Waals surface area contributed by atoms with Crippen LogP contribution in [0.2, 0.25) is 4.47 Å². The first kappa shape index (κ1) is 11.4. The molecule has 0 saturated carbocycles. The summed E-state index contributed by atoms with van der Waals surface area (Å²) in [5.74, 6) is 0.875. The van der Waals surface area contributed by atoms with Crippen LogP contribution >= 0.6 is 22.9 Å². The van der Waals surface area contributed by atoms with Crippen molar-refractivity contribution in [2.24, 2.45) is 0 Å². The second-order valence-electron chi connectivity index (χ2n) is 3.68. The lowest BCUT2D eigenvalue weighted by Crippen LogP contribution is -2.05. The van der Waals surface area contributed by atoms with Crippen molar-refractivity contribution in [1.29, 1.82) is 0 Å². The summed E-state index contributed by atoms with van der Waals surface area (Å²) < 4.78 is 6.13. The first-order valence-corrected chi connectivity index (χ1v) is 6.29. The van der Waals surface area contributed by atoms with E-state index < -0.39 is 0 Å². The van der Waals surface area contributed by atoms with E-state index in [0.29, 0.717) is 4.47 Å². The maximum absolute atomic E-state index is 5.79. The van der Waals surface area contributed by atoms with E-state index in [4.69, 9.17) is 16.3 Å². The average Bonchev–Trinajstić information content (AvgIpc) is 2.65. The average molecular weight is 254 g/mol. The van der Waals surface area contributed by atoms with Crippen molar-refractivity contribution >= 4 is 22.9 Å². The molecule has 0 radical (unpaired) electrons. The van der Waals surface area contributed by atoms with Crippen molar-refractivity contribution < 1.29 is 4.74 Å². The Morgan fingerprint density at radius 2 is 1.94 bits per heavy atom. The molecule has 0 atom stereocenters. The van der Waals surface area contributed by atoms with Crippen LogP contribution < -0.4 is 4.74 Å². The molecule has 1 heterocycles. The van der Waals surface area contributed by atoms with E-state index in [1.54, 1.807) is 0 Å². The molecular formula is C12H12ClNOS. The van der Waals surface area contributed by atoms with Crippen molar-refractivity contribution in [2.75, 3.05) is 0 Å². The SMILES string of the molecule is CC(C)Oc1ccc(-c2csc(Cl)n2)cc1. The minimum absolute atomic E-state index is 0.194. The highest BCUT2D eigenvalue weighted by Gasteiger charge is 2.03. The van der Waals surface area contributed by atoms with Gasteiger partial charge in [0.15, 0.2) is 4.47 Å². The number of rotatable bonds is 3. The Labute approximate surface area is 104 Å². The van der Waals surface area contributed by atoms with Crippen LogP contribution in [0.15, 0.2) is 29.6 Å². The minimum Gasteiger partial charge on any atom is -0.491 e. The van der Waals surface area contributed by atoms with Crippen LogP contribution in [0, 0.1) is 0 Å².